The van der Waals surface area contributed by atoms with Crippen molar-refractivity contribution in [3.05, 3.63) is 12.2 Å². The fourth-order valence-electron chi connectivity index (χ4n) is 7.55. The first-order valence-corrected chi connectivity index (χ1v) is 16.1. The summed E-state index contributed by atoms with van der Waals surface area (Å²) < 4.78 is 5.91. The number of ether oxygens (including phenoxy) is 1. The lowest BCUT2D eigenvalue weighted by Gasteiger charge is -2.50. The van der Waals surface area contributed by atoms with Crippen LogP contribution in [0.5, 0.6) is 0 Å². The van der Waals surface area contributed by atoms with Crippen LogP contribution >= 0.6 is 0 Å². The second-order valence-corrected chi connectivity index (χ2v) is 12.9. The number of nitrogens with one attached hydrogen (secondary N) is 1. The molecule has 0 radical (unpaired) electrons. The van der Waals surface area contributed by atoms with Crippen LogP contribution in [0.3, 0.4) is 0 Å². The number of hydrogen-bond acceptors (Lipinski definition) is 3. The Hall–Kier alpha value is -0.830. The van der Waals surface area contributed by atoms with E-state index in [1.54, 1.807) is 0 Å². The van der Waals surface area contributed by atoms with Crippen LogP contribution in [0.25, 0.3) is 0 Å². The summed E-state index contributed by atoms with van der Waals surface area (Å²) in [6.07, 6.45) is 28.5. The number of unbranched alkanes of at least 4 members (excludes halogenated alkanes) is 15. The van der Waals surface area contributed by atoms with E-state index < -0.39 is 0 Å². The summed E-state index contributed by atoms with van der Waals surface area (Å²) in [6, 6.07) is 0. The van der Waals surface area contributed by atoms with Crippen molar-refractivity contribution in [1.29, 1.82) is 0 Å². The average Bonchev–Trinajstić information content (AvgIpc) is 3.15. The van der Waals surface area contributed by atoms with Gasteiger partial charge in [-0.05, 0) is 56.4 Å². The van der Waals surface area contributed by atoms with Crippen molar-refractivity contribution in [2.24, 2.45) is 23.2 Å². The van der Waals surface area contributed by atoms with Gasteiger partial charge in [-0.1, -0.05) is 122 Å². The Morgan fingerprint density at radius 2 is 1.44 bits per heavy atom. The van der Waals surface area contributed by atoms with E-state index >= 15 is 0 Å². The minimum atomic E-state index is 0.0512. The maximum absolute atomic E-state index is 12.7. The molecule has 36 heavy (non-hydrogen) atoms. The molecule has 1 aliphatic heterocycles. The van der Waals surface area contributed by atoms with Crippen LogP contribution in [0, 0.1) is 23.2 Å². The predicted molar refractivity (Wildman–Crippen MR) is 153 cm³/mol. The lowest BCUT2D eigenvalue weighted by molar-refractivity contribution is -0.146. The number of carbonyl (C=O) groups is 1. The lowest BCUT2D eigenvalue weighted by atomic mass is 9.55. The molecular formula is C33H59NO2. The molecule has 0 aromatic rings. The van der Waals surface area contributed by atoms with Crippen molar-refractivity contribution in [1.82, 2.24) is 5.32 Å². The third kappa shape index (κ3) is 9.17. The van der Waals surface area contributed by atoms with Gasteiger partial charge in [-0.25, -0.2) is 0 Å². The normalized spacial score (nSPS) is 29.7. The van der Waals surface area contributed by atoms with Crippen LogP contribution in [0.2, 0.25) is 0 Å². The highest BCUT2D eigenvalue weighted by Crippen LogP contribution is 2.56. The van der Waals surface area contributed by atoms with Crippen LogP contribution in [-0.4, -0.2) is 25.2 Å². The Balaban J connectivity index is 1.14. The molecule has 0 spiro atoms. The molecule has 3 aliphatic rings. The van der Waals surface area contributed by atoms with Crippen molar-refractivity contribution in [2.75, 3.05) is 13.1 Å². The van der Waals surface area contributed by atoms with Gasteiger partial charge in [0.05, 0.1) is 5.92 Å². The molecule has 2 saturated carbocycles. The molecular weight excluding hydrogens is 442 g/mol. The molecule has 5 atom stereocenters. The number of rotatable bonds is 19. The number of hydrogen-bond donors (Lipinski definition) is 1. The highest BCUT2D eigenvalue weighted by molar-refractivity contribution is 5.75. The predicted octanol–water partition coefficient (Wildman–Crippen LogP) is 9.15. The van der Waals surface area contributed by atoms with Gasteiger partial charge in [0, 0.05) is 12.5 Å². The zero-order valence-electron chi connectivity index (χ0n) is 24.1. The Morgan fingerprint density at radius 3 is 2.03 bits per heavy atom. The fraction of sp³-hybridized carbons (Fsp3) is 0.909. The molecule has 1 saturated heterocycles. The van der Waals surface area contributed by atoms with Crippen LogP contribution in [-0.2, 0) is 9.53 Å². The summed E-state index contributed by atoms with van der Waals surface area (Å²) in [4.78, 5) is 12.7. The summed E-state index contributed by atoms with van der Waals surface area (Å²) in [7, 11) is 0. The third-order valence-electron chi connectivity index (χ3n) is 9.89. The van der Waals surface area contributed by atoms with E-state index in [0.717, 1.165) is 25.9 Å². The second kappa shape index (κ2) is 16.2. The van der Waals surface area contributed by atoms with Crippen molar-refractivity contribution in [2.45, 2.75) is 155 Å². The van der Waals surface area contributed by atoms with Crippen LogP contribution in [0.15, 0.2) is 12.2 Å². The monoisotopic (exact) mass is 501 g/mol. The quantitative estimate of drug-likeness (QED) is 0.109. The Morgan fingerprint density at radius 1 is 0.889 bits per heavy atom. The molecule has 1 heterocycles. The molecule has 1 N–H and O–H groups in total. The first-order valence-electron chi connectivity index (χ1n) is 16.1. The SMILES string of the molecule is C=C1CCC[C@]2(C)C[C@@H]3OC(=O)[C@H](CNCCCCCCCCCCCCCCCCCC)[C@@H]3C[C@@H]12. The summed E-state index contributed by atoms with van der Waals surface area (Å²) in [5.41, 5.74) is 1.73. The Bertz CT molecular complexity index is 646. The van der Waals surface area contributed by atoms with Gasteiger partial charge < -0.3 is 10.1 Å². The number of fused-ring (bicyclic) bond motifs is 2. The van der Waals surface area contributed by atoms with E-state index in [2.05, 4.69) is 25.7 Å². The minimum Gasteiger partial charge on any atom is -0.462 e. The molecule has 2 aliphatic carbocycles. The molecule has 0 unspecified atom stereocenters. The highest BCUT2D eigenvalue weighted by atomic mass is 16.6. The number of carbonyl (C=O) groups excluding carboxylic acids is 1. The molecule has 0 amide bonds. The molecule has 208 valence electrons. The van der Waals surface area contributed by atoms with E-state index in [9.17, 15) is 4.79 Å². The molecule has 0 aromatic carbocycles. The molecule has 3 heteroatoms. The maximum atomic E-state index is 12.7. The summed E-state index contributed by atoms with van der Waals surface area (Å²) in [5.74, 6) is 1.08. The van der Waals surface area contributed by atoms with Gasteiger partial charge in [-0.15, -0.1) is 0 Å². The van der Waals surface area contributed by atoms with E-state index in [1.165, 1.54) is 128 Å². The van der Waals surface area contributed by atoms with Gasteiger partial charge >= 0.3 is 5.97 Å². The number of esters is 1. The van der Waals surface area contributed by atoms with E-state index in [0.29, 0.717) is 17.3 Å². The molecule has 0 bridgehead atoms. The van der Waals surface area contributed by atoms with Crippen molar-refractivity contribution in [3.63, 3.8) is 0 Å². The van der Waals surface area contributed by atoms with Crippen molar-refractivity contribution >= 4 is 5.97 Å². The largest absolute Gasteiger partial charge is 0.462 e. The standard InChI is InChI=1S/C33H59NO2/c1-4-5-6-7-8-9-10-11-12-13-14-15-16-17-18-19-23-34-26-29-28-24-30-27(2)21-20-22-33(30,3)25-31(28)36-32(29)35/h28-31,34H,2,4-26H2,1,3H3/t28-,29+,30-,31-,33+/m0/s1. The molecule has 3 fully saturated rings. The zero-order chi connectivity index (χ0) is 25.6. The topological polar surface area (TPSA) is 38.3 Å². The first-order chi connectivity index (χ1) is 17.5. The number of allylic oxidation sites excluding steroid dienone is 1. The summed E-state index contributed by atoms with van der Waals surface area (Å²) in [6.45, 7) is 11.0. The van der Waals surface area contributed by atoms with Gasteiger partial charge in [0.15, 0.2) is 0 Å². The molecule has 3 rings (SSSR count). The van der Waals surface area contributed by atoms with Gasteiger partial charge in [0.1, 0.15) is 6.10 Å². The Labute approximate surface area is 224 Å². The molecule has 0 aromatic heterocycles. The Kier molecular flexibility index (Phi) is 13.4. The van der Waals surface area contributed by atoms with E-state index in [4.69, 9.17) is 4.74 Å². The molecule has 3 nitrogen and oxygen atoms in total. The van der Waals surface area contributed by atoms with E-state index in [1.807, 2.05) is 0 Å². The van der Waals surface area contributed by atoms with Crippen molar-refractivity contribution in [3.8, 4) is 0 Å². The minimum absolute atomic E-state index is 0.0512. The van der Waals surface area contributed by atoms with Crippen LogP contribution in [0.1, 0.15) is 149 Å². The van der Waals surface area contributed by atoms with Gasteiger partial charge in [-0.2, -0.15) is 0 Å². The van der Waals surface area contributed by atoms with Gasteiger partial charge in [-0.3, -0.25) is 4.79 Å². The average molecular weight is 502 g/mol. The zero-order valence-corrected chi connectivity index (χ0v) is 24.1. The van der Waals surface area contributed by atoms with Crippen LogP contribution in [0.4, 0.5) is 0 Å². The van der Waals surface area contributed by atoms with Gasteiger partial charge in [0.2, 0.25) is 0 Å². The van der Waals surface area contributed by atoms with Crippen LogP contribution < -0.4 is 5.32 Å². The van der Waals surface area contributed by atoms with Gasteiger partial charge in [0.25, 0.3) is 0 Å². The third-order valence-corrected chi connectivity index (χ3v) is 9.89. The lowest BCUT2D eigenvalue weighted by Crippen LogP contribution is -2.45. The van der Waals surface area contributed by atoms with E-state index in [-0.39, 0.29) is 18.0 Å². The summed E-state index contributed by atoms with van der Waals surface area (Å²) in [5, 5.41) is 3.61. The van der Waals surface area contributed by atoms with Crippen molar-refractivity contribution < 1.29 is 9.53 Å². The summed E-state index contributed by atoms with van der Waals surface area (Å²) >= 11 is 0. The highest BCUT2D eigenvalue weighted by Gasteiger charge is 2.54. The smallest absolute Gasteiger partial charge is 0.310 e. The maximum Gasteiger partial charge on any atom is 0.310 e. The fourth-order valence-corrected chi connectivity index (χ4v) is 7.55. The second-order valence-electron chi connectivity index (χ2n) is 12.9. The first kappa shape index (κ1) is 29.7.